The lowest BCUT2D eigenvalue weighted by Gasteiger charge is -2.23. The average Bonchev–Trinajstić information content (AvgIpc) is 3.32. The second-order valence-corrected chi connectivity index (χ2v) is 7.22. The van der Waals surface area contributed by atoms with E-state index in [-0.39, 0.29) is 12.6 Å². The molecule has 0 atom stereocenters. The predicted octanol–water partition coefficient (Wildman–Crippen LogP) is 4.49. The van der Waals surface area contributed by atoms with Crippen LogP contribution in [0, 0.1) is 6.92 Å². The van der Waals surface area contributed by atoms with Gasteiger partial charge in [0.2, 0.25) is 0 Å². The molecule has 1 saturated carbocycles. The zero-order chi connectivity index (χ0) is 16.9. The third-order valence-electron chi connectivity index (χ3n) is 4.29. The summed E-state index contributed by atoms with van der Waals surface area (Å²) >= 11 is 1.72. The van der Waals surface area contributed by atoms with Crippen molar-refractivity contribution in [2.24, 2.45) is 0 Å². The molecule has 5 heteroatoms. The number of carbonyl (C=O) groups is 1. The molecule has 0 radical (unpaired) electrons. The van der Waals surface area contributed by atoms with Gasteiger partial charge in [-0.15, -0.1) is 11.3 Å². The van der Waals surface area contributed by atoms with Gasteiger partial charge >= 0.3 is 6.03 Å². The number of aliphatic hydroxyl groups is 1. The van der Waals surface area contributed by atoms with E-state index < -0.39 is 0 Å². The summed E-state index contributed by atoms with van der Waals surface area (Å²) < 4.78 is 0. The smallest absolute Gasteiger partial charge is 0.322 e. The maximum absolute atomic E-state index is 12.6. The Labute approximate surface area is 147 Å². The zero-order valence-corrected chi connectivity index (χ0v) is 14.8. The number of amides is 2. The van der Waals surface area contributed by atoms with Crippen LogP contribution in [0.25, 0.3) is 10.4 Å². The van der Waals surface area contributed by atoms with E-state index in [1.54, 1.807) is 11.3 Å². The third kappa shape index (κ3) is 4.16. The Morgan fingerprint density at radius 2 is 2.17 bits per heavy atom. The van der Waals surface area contributed by atoms with E-state index in [0.717, 1.165) is 36.9 Å². The van der Waals surface area contributed by atoms with Crippen LogP contribution in [0.4, 0.5) is 10.5 Å². The van der Waals surface area contributed by atoms with Crippen molar-refractivity contribution in [3.05, 3.63) is 41.3 Å². The summed E-state index contributed by atoms with van der Waals surface area (Å²) in [5, 5.41) is 14.1. The van der Waals surface area contributed by atoms with Crippen LogP contribution in [0.15, 0.2) is 35.7 Å². The SMILES string of the molecule is Cc1ccsc1-c1cccc(NC(=O)N(CCCCO)C2CC2)c1. The Balaban J connectivity index is 1.68. The summed E-state index contributed by atoms with van der Waals surface area (Å²) in [5.74, 6) is 0. The molecule has 0 saturated heterocycles. The van der Waals surface area contributed by atoms with Crippen molar-refractivity contribution < 1.29 is 9.90 Å². The van der Waals surface area contributed by atoms with Crippen molar-refractivity contribution >= 4 is 23.1 Å². The number of carbonyl (C=O) groups excluding carboxylic acids is 1. The lowest BCUT2D eigenvalue weighted by molar-refractivity contribution is 0.204. The van der Waals surface area contributed by atoms with Crippen LogP contribution in [-0.4, -0.2) is 35.2 Å². The molecule has 1 fully saturated rings. The van der Waals surface area contributed by atoms with Gasteiger partial charge in [0.15, 0.2) is 0 Å². The first-order chi connectivity index (χ1) is 11.7. The minimum Gasteiger partial charge on any atom is -0.396 e. The first kappa shape index (κ1) is 17.0. The topological polar surface area (TPSA) is 52.6 Å². The molecule has 2 N–H and O–H groups in total. The Bertz CT molecular complexity index is 694. The van der Waals surface area contributed by atoms with Gasteiger partial charge in [0.05, 0.1) is 0 Å². The normalized spacial score (nSPS) is 13.8. The number of hydrogen-bond acceptors (Lipinski definition) is 3. The first-order valence-electron chi connectivity index (χ1n) is 8.52. The van der Waals surface area contributed by atoms with Crippen LogP contribution >= 0.6 is 11.3 Å². The molecule has 2 amide bonds. The first-order valence-corrected chi connectivity index (χ1v) is 9.40. The van der Waals surface area contributed by atoms with Gasteiger partial charge in [0, 0.05) is 29.8 Å². The van der Waals surface area contributed by atoms with Gasteiger partial charge in [-0.05, 0) is 67.3 Å². The number of aliphatic hydroxyl groups excluding tert-OH is 1. The van der Waals surface area contributed by atoms with E-state index in [2.05, 4.69) is 29.8 Å². The number of anilines is 1. The summed E-state index contributed by atoms with van der Waals surface area (Å²) in [6.45, 7) is 3.00. The van der Waals surface area contributed by atoms with Gasteiger partial charge in [-0.3, -0.25) is 0 Å². The highest BCUT2D eigenvalue weighted by molar-refractivity contribution is 7.13. The fraction of sp³-hybridized carbons (Fsp3) is 0.421. The summed E-state index contributed by atoms with van der Waals surface area (Å²) in [4.78, 5) is 15.8. The molecule has 1 heterocycles. The monoisotopic (exact) mass is 344 g/mol. The summed E-state index contributed by atoms with van der Waals surface area (Å²) in [7, 11) is 0. The number of rotatable bonds is 7. The molecule has 4 nitrogen and oxygen atoms in total. The van der Waals surface area contributed by atoms with E-state index in [0.29, 0.717) is 12.6 Å². The maximum Gasteiger partial charge on any atom is 0.322 e. The highest BCUT2D eigenvalue weighted by Crippen LogP contribution is 2.31. The Kier molecular flexibility index (Phi) is 5.53. The highest BCUT2D eigenvalue weighted by Gasteiger charge is 2.32. The van der Waals surface area contributed by atoms with Crippen molar-refractivity contribution in [1.29, 1.82) is 0 Å². The molecule has 0 spiro atoms. The molecular weight excluding hydrogens is 320 g/mol. The lowest BCUT2D eigenvalue weighted by atomic mass is 10.1. The molecule has 1 aliphatic carbocycles. The van der Waals surface area contributed by atoms with Gasteiger partial charge in [-0.2, -0.15) is 0 Å². The van der Waals surface area contributed by atoms with Crippen molar-refractivity contribution in [3.63, 3.8) is 0 Å². The fourth-order valence-corrected chi connectivity index (χ4v) is 3.76. The molecule has 2 aromatic rings. The van der Waals surface area contributed by atoms with E-state index >= 15 is 0 Å². The number of hydrogen-bond donors (Lipinski definition) is 2. The van der Waals surface area contributed by atoms with Gasteiger partial charge in [0.25, 0.3) is 0 Å². The molecule has 1 aliphatic rings. The quantitative estimate of drug-likeness (QED) is 0.727. The summed E-state index contributed by atoms with van der Waals surface area (Å²) in [5.41, 5.74) is 3.23. The minimum absolute atomic E-state index is 0.0320. The van der Waals surface area contributed by atoms with Crippen molar-refractivity contribution in [2.75, 3.05) is 18.5 Å². The molecule has 1 aromatic carbocycles. The molecule has 3 rings (SSSR count). The van der Waals surface area contributed by atoms with Gasteiger partial charge < -0.3 is 15.3 Å². The second kappa shape index (κ2) is 7.81. The summed E-state index contributed by atoms with van der Waals surface area (Å²) in [6.07, 6.45) is 3.75. The fourth-order valence-electron chi connectivity index (χ4n) is 2.83. The number of thiophene rings is 1. The van der Waals surface area contributed by atoms with Gasteiger partial charge in [-0.25, -0.2) is 4.79 Å². The Hall–Kier alpha value is -1.85. The number of benzene rings is 1. The maximum atomic E-state index is 12.6. The predicted molar refractivity (Wildman–Crippen MR) is 99.6 cm³/mol. The number of nitrogens with one attached hydrogen (secondary N) is 1. The molecule has 128 valence electrons. The lowest BCUT2D eigenvalue weighted by Crippen LogP contribution is -2.37. The largest absolute Gasteiger partial charge is 0.396 e. The van der Waals surface area contributed by atoms with Crippen molar-refractivity contribution in [2.45, 2.75) is 38.6 Å². The molecular formula is C19H24N2O2S. The highest BCUT2D eigenvalue weighted by atomic mass is 32.1. The standard InChI is InChI=1S/C19H24N2O2S/c1-14-9-12-24-18(14)15-5-4-6-16(13-15)20-19(23)21(17-7-8-17)10-2-3-11-22/h4-6,9,12-13,17,22H,2-3,7-8,10-11H2,1H3,(H,20,23). The van der Waals surface area contributed by atoms with Gasteiger partial charge in [0.1, 0.15) is 0 Å². The van der Waals surface area contributed by atoms with E-state index in [9.17, 15) is 4.79 Å². The number of unbranched alkanes of at least 4 members (excludes halogenated alkanes) is 1. The summed E-state index contributed by atoms with van der Waals surface area (Å²) in [6, 6.07) is 10.5. The zero-order valence-electron chi connectivity index (χ0n) is 14.0. The Morgan fingerprint density at radius 1 is 1.33 bits per heavy atom. The average molecular weight is 344 g/mol. The number of nitrogens with zero attached hydrogens (tertiary/aromatic N) is 1. The third-order valence-corrected chi connectivity index (χ3v) is 5.36. The Morgan fingerprint density at radius 3 is 2.83 bits per heavy atom. The molecule has 0 bridgehead atoms. The molecule has 24 heavy (non-hydrogen) atoms. The van der Waals surface area contributed by atoms with Crippen LogP contribution in [0.1, 0.15) is 31.2 Å². The van der Waals surface area contributed by atoms with E-state index in [1.807, 2.05) is 23.1 Å². The molecule has 0 unspecified atom stereocenters. The van der Waals surface area contributed by atoms with E-state index in [4.69, 9.17) is 5.11 Å². The molecule has 0 aliphatic heterocycles. The van der Waals surface area contributed by atoms with Crippen LogP contribution in [0.5, 0.6) is 0 Å². The minimum atomic E-state index is -0.0320. The number of aryl methyl sites for hydroxylation is 1. The molecule has 1 aromatic heterocycles. The second-order valence-electron chi connectivity index (χ2n) is 6.30. The van der Waals surface area contributed by atoms with Gasteiger partial charge in [-0.1, -0.05) is 12.1 Å². The van der Waals surface area contributed by atoms with E-state index in [1.165, 1.54) is 10.4 Å². The van der Waals surface area contributed by atoms with Crippen LogP contribution in [0.3, 0.4) is 0 Å². The van der Waals surface area contributed by atoms with Crippen molar-refractivity contribution in [1.82, 2.24) is 4.90 Å². The van der Waals surface area contributed by atoms with Crippen LogP contribution in [-0.2, 0) is 0 Å². The number of urea groups is 1. The van der Waals surface area contributed by atoms with Crippen molar-refractivity contribution in [3.8, 4) is 10.4 Å². The van der Waals surface area contributed by atoms with Crippen LogP contribution in [0.2, 0.25) is 0 Å². The van der Waals surface area contributed by atoms with Crippen LogP contribution < -0.4 is 5.32 Å².